The number of halogens is 1. The fourth-order valence-corrected chi connectivity index (χ4v) is 3.00. The third kappa shape index (κ3) is 3.74. The van der Waals surface area contributed by atoms with Crippen molar-refractivity contribution in [3.8, 4) is 5.75 Å². The number of ether oxygens (including phenoxy) is 2. The molecule has 3 rings (SSSR count). The fraction of sp³-hybridized carbons (Fsp3) is 0.300. The van der Waals surface area contributed by atoms with Crippen molar-refractivity contribution in [3.05, 3.63) is 64.7 Å². The summed E-state index contributed by atoms with van der Waals surface area (Å²) >= 11 is 5.83. The largest absolute Gasteiger partial charge is 0.491 e. The van der Waals surface area contributed by atoms with Crippen molar-refractivity contribution >= 4 is 23.4 Å². The number of imide groups is 1. The van der Waals surface area contributed by atoms with Crippen LogP contribution in [0.2, 0.25) is 5.02 Å². The Hall–Kier alpha value is -2.37. The minimum Gasteiger partial charge on any atom is -0.491 e. The molecule has 0 fully saturated rings. The van der Waals surface area contributed by atoms with E-state index < -0.39 is 5.54 Å². The van der Waals surface area contributed by atoms with Crippen LogP contribution in [0.15, 0.2) is 48.5 Å². The lowest BCUT2D eigenvalue weighted by Crippen LogP contribution is -2.50. The molecule has 0 unspecified atom stereocenters. The maximum atomic E-state index is 12.6. The van der Waals surface area contributed by atoms with Gasteiger partial charge in [-0.25, -0.2) is 0 Å². The third-order valence-corrected chi connectivity index (χ3v) is 4.42. The van der Waals surface area contributed by atoms with Crippen LogP contribution in [-0.2, 0) is 4.74 Å². The van der Waals surface area contributed by atoms with Gasteiger partial charge in [0.1, 0.15) is 12.4 Å². The number of nitrogens with zero attached hydrogens (tertiary/aromatic N) is 1. The predicted octanol–water partition coefficient (Wildman–Crippen LogP) is 3.81. The molecule has 0 saturated heterocycles. The monoisotopic (exact) mass is 373 g/mol. The molecule has 1 aliphatic rings. The van der Waals surface area contributed by atoms with Gasteiger partial charge in [0.15, 0.2) is 0 Å². The zero-order valence-corrected chi connectivity index (χ0v) is 15.5. The number of rotatable bonds is 7. The first kappa shape index (κ1) is 18.4. The predicted molar refractivity (Wildman–Crippen MR) is 98.8 cm³/mol. The molecular weight excluding hydrogens is 354 g/mol. The SMILES string of the molecule is CC(C)(COCCOc1ccc(Cl)cc1)N1C(=O)c2ccccc2C1=O. The number of hydrogen-bond donors (Lipinski definition) is 0. The molecular formula is C20H20ClNO4. The Balaban J connectivity index is 1.52. The van der Waals surface area contributed by atoms with E-state index >= 15 is 0 Å². The average molecular weight is 374 g/mol. The molecule has 136 valence electrons. The van der Waals surface area contributed by atoms with E-state index in [1.165, 1.54) is 4.90 Å². The van der Waals surface area contributed by atoms with Crippen molar-refractivity contribution < 1.29 is 19.1 Å². The van der Waals surface area contributed by atoms with Gasteiger partial charge >= 0.3 is 0 Å². The Morgan fingerprint density at radius 3 is 2.08 bits per heavy atom. The zero-order chi connectivity index (χ0) is 18.7. The van der Waals surface area contributed by atoms with Crippen LogP contribution in [0.25, 0.3) is 0 Å². The van der Waals surface area contributed by atoms with Crippen molar-refractivity contribution in [2.45, 2.75) is 19.4 Å². The number of hydrogen-bond acceptors (Lipinski definition) is 4. The molecule has 2 aromatic rings. The molecule has 0 saturated carbocycles. The second-order valence-corrected chi connectivity index (χ2v) is 7.10. The Morgan fingerprint density at radius 2 is 1.50 bits per heavy atom. The second kappa shape index (κ2) is 7.48. The number of fused-ring (bicyclic) bond motifs is 1. The van der Waals surface area contributed by atoms with Gasteiger partial charge in [-0.2, -0.15) is 0 Å². The molecule has 0 bridgehead atoms. The van der Waals surface area contributed by atoms with Gasteiger partial charge in [0, 0.05) is 5.02 Å². The molecule has 0 spiro atoms. The summed E-state index contributed by atoms with van der Waals surface area (Å²) in [5, 5.41) is 0.649. The Labute approximate surface area is 157 Å². The smallest absolute Gasteiger partial charge is 0.262 e. The van der Waals surface area contributed by atoms with Gasteiger partial charge in [0.05, 0.1) is 29.9 Å². The number of carbonyl (C=O) groups excluding carboxylic acids is 2. The highest BCUT2D eigenvalue weighted by Gasteiger charge is 2.43. The Kier molecular flexibility index (Phi) is 5.30. The van der Waals surface area contributed by atoms with Crippen molar-refractivity contribution in [1.82, 2.24) is 4.90 Å². The number of amides is 2. The van der Waals surface area contributed by atoms with Gasteiger partial charge in [-0.15, -0.1) is 0 Å². The molecule has 1 aliphatic heterocycles. The summed E-state index contributed by atoms with van der Waals surface area (Å²) < 4.78 is 11.2. The molecule has 2 amide bonds. The lowest BCUT2D eigenvalue weighted by molar-refractivity contribution is 0.0103. The second-order valence-electron chi connectivity index (χ2n) is 6.66. The minimum absolute atomic E-state index is 0.225. The van der Waals surface area contributed by atoms with Crippen LogP contribution in [0, 0.1) is 0 Å². The highest BCUT2D eigenvalue weighted by atomic mass is 35.5. The topological polar surface area (TPSA) is 55.8 Å². The molecule has 0 atom stereocenters. The summed E-state index contributed by atoms with van der Waals surface area (Å²) in [7, 11) is 0. The van der Waals surface area contributed by atoms with Crippen molar-refractivity contribution in [2.24, 2.45) is 0 Å². The summed E-state index contributed by atoms with van der Waals surface area (Å²) in [6.45, 7) is 4.56. The summed E-state index contributed by atoms with van der Waals surface area (Å²) in [6, 6.07) is 13.9. The van der Waals surface area contributed by atoms with Crippen LogP contribution in [0.3, 0.4) is 0 Å². The van der Waals surface area contributed by atoms with Crippen LogP contribution in [0.5, 0.6) is 5.75 Å². The van der Waals surface area contributed by atoms with Crippen LogP contribution in [0.4, 0.5) is 0 Å². The first-order valence-electron chi connectivity index (χ1n) is 8.34. The summed E-state index contributed by atoms with van der Waals surface area (Å²) in [6.07, 6.45) is 0. The normalized spacial score (nSPS) is 13.9. The Bertz CT molecular complexity index is 782. The van der Waals surface area contributed by atoms with Crippen LogP contribution < -0.4 is 4.74 Å². The molecule has 5 nitrogen and oxygen atoms in total. The molecule has 6 heteroatoms. The van der Waals surface area contributed by atoms with Gasteiger partial charge in [0.2, 0.25) is 0 Å². The number of carbonyl (C=O) groups is 2. The van der Waals surface area contributed by atoms with Crippen molar-refractivity contribution in [3.63, 3.8) is 0 Å². The van der Waals surface area contributed by atoms with E-state index in [1.807, 2.05) is 13.8 Å². The molecule has 0 N–H and O–H groups in total. The average Bonchev–Trinajstić information content (AvgIpc) is 2.88. The molecule has 1 heterocycles. The molecule has 0 aliphatic carbocycles. The summed E-state index contributed by atoms with van der Waals surface area (Å²) in [5.74, 6) is 0.144. The van der Waals surface area contributed by atoms with Gasteiger partial charge in [-0.05, 0) is 50.2 Å². The lowest BCUT2D eigenvalue weighted by Gasteiger charge is -2.33. The van der Waals surface area contributed by atoms with Gasteiger partial charge in [0.25, 0.3) is 11.8 Å². The van der Waals surface area contributed by atoms with Gasteiger partial charge in [-0.1, -0.05) is 23.7 Å². The van der Waals surface area contributed by atoms with Crippen LogP contribution in [-0.4, -0.2) is 42.1 Å². The maximum Gasteiger partial charge on any atom is 0.262 e. The van der Waals surface area contributed by atoms with Crippen LogP contribution in [0.1, 0.15) is 34.6 Å². The highest BCUT2D eigenvalue weighted by Crippen LogP contribution is 2.29. The van der Waals surface area contributed by atoms with E-state index in [1.54, 1.807) is 48.5 Å². The van der Waals surface area contributed by atoms with E-state index in [9.17, 15) is 9.59 Å². The zero-order valence-electron chi connectivity index (χ0n) is 14.7. The molecule has 2 aromatic carbocycles. The first-order chi connectivity index (χ1) is 12.4. The van der Waals surface area contributed by atoms with E-state index in [-0.39, 0.29) is 18.4 Å². The molecule has 26 heavy (non-hydrogen) atoms. The van der Waals surface area contributed by atoms with Crippen molar-refractivity contribution in [1.29, 1.82) is 0 Å². The quantitative estimate of drug-likeness (QED) is 0.547. The third-order valence-electron chi connectivity index (χ3n) is 4.16. The van der Waals surface area contributed by atoms with Gasteiger partial charge < -0.3 is 9.47 Å². The van der Waals surface area contributed by atoms with E-state index in [4.69, 9.17) is 21.1 Å². The van der Waals surface area contributed by atoms with Gasteiger partial charge in [-0.3, -0.25) is 14.5 Å². The molecule has 0 radical (unpaired) electrons. The maximum absolute atomic E-state index is 12.6. The van der Waals surface area contributed by atoms with E-state index in [2.05, 4.69) is 0 Å². The number of benzene rings is 2. The minimum atomic E-state index is -0.756. The molecule has 0 aromatic heterocycles. The standard InChI is InChI=1S/C20H20ClNO4/c1-20(2,13-25-11-12-26-15-9-7-14(21)8-10-15)22-18(23)16-5-3-4-6-17(16)19(22)24/h3-10H,11-13H2,1-2H3. The Morgan fingerprint density at radius 1 is 0.923 bits per heavy atom. The van der Waals surface area contributed by atoms with E-state index in [0.29, 0.717) is 35.1 Å². The van der Waals surface area contributed by atoms with Crippen molar-refractivity contribution in [2.75, 3.05) is 19.8 Å². The first-order valence-corrected chi connectivity index (χ1v) is 8.72. The summed E-state index contributed by atoms with van der Waals surface area (Å²) in [4.78, 5) is 26.4. The lowest BCUT2D eigenvalue weighted by atomic mass is 10.0. The fourth-order valence-electron chi connectivity index (χ4n) is 2.87. The van der Waals surface area contributed by atoms with E-state index in [0.717, 1.165) is 0 Å². The highest BCUT2D eigenvalue weighted by molar-refractivity contribution is 6.30. The summed E-state index contributed by atoms with van der Waals surface area (Å²) in [5.41, 5.74) is 0.126. The van der Waals surface area contributed by atoms with Crippen LogP contribution >= 0.6 is 11.6 Å².